The molecule has 1 unspecified atom stereocenters. The summed E-state index contributed by atoms with van der Waals surface area (Å²) in [5.41, 5.74) is 0. The molecule has 0 saturated carbocycles. The van der Waals surface area contributed by atoms with Gasteiger partial charge in [-0.1, -0.05) is 15.9 Å². The minimum Gasteiger partial charge on any atom is -0.348 e. The maximum atomic E-state index is 5.54. The molecule has 1 aliphatic heterocycles. The van der Waals surface area contributed by atoms with Crippen molar-refractivity contribution in [3.63, 3.8) is 0 Å². The molecule has 1 aliphatic rings. The van der Waals surface area contributed by atoms with Crippen LogP contribution in [0, 0.1) is 0 Å². The summed E-state index contributed by atoms with van der Waals surface area (Å²) < 4.78 is 10.9. The van der Waals surface area contributed by atoms with Crippen molar-refractivity contribution >= 4 is 15.9 Å². The highest BCUT2D eigenvalue weighted by Crippen LogP contribution is 2.24. The molecule has 0 spiro atoms. The largest absolute Gasteiger partial charge is 0.348 e. The second-order valence-electron chi connectivity index (χ2n) is 2.93. The number of halogens is 1. The SMILES string of the molecule is CC1(C)OCC(CCBr)O1. The van der Waals surface area contributed by atoms with Crippen LogP contribution in [0.1, 0.15) is 20.3 Å². The van der Waals surface area contributed by atoms with Crippen molar-refractivity contribution in [2.24, 2.45) is 0 Å². The van der Waals surface area contributed by atoms with E-state index in [1.807, 2.05) is 13.8 Å². The van der Waals surface area contributed by atoms with Crippen LogP contribution < -0.4 is 0 Å². The van der Waals surface area contributed by atoms with Crippen molar-refractivity contribution in [1.82, 2.24) is 0 Å². The van der Waals surface area contributed by atoms with Gasteiger partial charge < -0.3 is 9.47 Å². The lowest BCUT2D eigenvalue weighted by atomic mass is 10.3. The second-order valence-corrected chi connectivity index (χ2v) is 3.72. The van der Waals surface area contributed by atoms with Gasteiger partial charge in [0.15, 0.2) is 5.79 Å². The van der Waals surface area contributed by atoms with E-state index in [1.54, 1.807) is 0 Å². The zero-order valence-electron chi connectivity index (χ0n) is 6.39. The molecule has 1 rings (SSSR count). The lowest BCUT2D eigenvalue weighted by molar-refractivity contribution is -0.138. The highest BCUT2D eigenvalue weighted by atomic mass is 79.9. The number of rotatable bonds is 2. The van der Waals surface area contributed by atoms with Crippen LogP contribution >= 0.6 is 15.9 Å². The molecule has 1 heterocycles. The molecular formula is C7H13BrO2. The number of hydrogen-bond donors (Lipinski definition) is 0. The average molecular weight is 209 g/mol. The molecule has 0 aromatic heterocycles. The Balaban J connectivity index is 2.29. The van der Waals surface area contributed by atoms with Crippen LogP contribution in [0.15, 0.2) is 0 Å². The van der Waals surface area contributed by atoms with Crippen molar-refractivity contribution in [2.45, 2.75) is 32.2 Å². The normalized spacial score (nSPS) is 30.9. The molecule has 0 aromatic carbocycles. The third kappa shape index (κ3) is 2.22. The zero-order valence-corrected chi connectivity index (χ0v) is 7.98. The summed E-state index contributed by atoms with van der Waals surface area (Å²) in [6.07, 6.45) is 1.32. The summed E-state index contributed by atoms with van der Waals surface area (Å²) in [5, 5.41) is 0.983. The Bertz CT molecular complexity index is 114. The fourth-order valence-electron chi connectivity index (χ4n) is 1.03. The Kier molecular flexibility index (Phi) is 2.72. The number of alkyl halides is 1. The molecule has 60 valence electrons. The number of ether oxygens (including phenoxy) is 2. The molecule has 3 heteroatoms. The van der Waals surface area contributed by atoms with Gasteiger partial charge in [0.2, 0.25) is 0 Å². The molecule has 10 heavy (non-hydrogen) atoms. The maximum absolute atomic E-state index is 5.54. The van der Waals surface area contributed by atoms with Gasteiger partial charge in [0.25, 0.3) is 0 Å². The van der Waals surface area contributed by atoms with E-state index in [0.717, 1.165) is 18.4 Å². The van der Waals surface area contributed by atoms with E-state index in [0.29, 0.717) is 0 Å². The van der Waals surface area contributed by atoms with Crippen LogP contribution in [0.2, 0.25) is 0 Å². The first-order valence-electron chi connectivity index (χ1n) is 3.52. The van der Waals surface area contributed by atoms with E-state index in [1.165, 1.54) is 0 Å². The smallest absolute Gasteiger partial charge is 0.163 e. The monoisotopic (exact) mass is 208 g/mol. The van der Waals surface area contributed by atoms with Crippen molar-refractivity contribution < 1.29 is 9.47 Å². The van der Waals surface area contributed by atoms with Crippen LogP contribution in [-0.2, 0) is 9.47 Å². The maximum Gasteiger partial charge on any atom is 0.163 e. The first-order valence-corrected chi connectivity index (χ1v) is 4.64. The fraction of sp³-hybridized carbons (Fsp3) is 1.00. The standard InChI is InChI=1S/C7H13BrO2/c1-7(2)9-5-6(10-7)3-4-8/h6H,3-5H2,1-2H3. The molecule has 0 aromatic rings. The fourth-order valence-corrected chi connectivity index (χ4v) is 1.54. The predicted octanol–water partition coefficient (Wildman–Crippen LogP) is 1.92. The molecule has 2 nitrogen and oxygen atoms in total. The van der Waals surface area contributed by atoms with Crippen LogP contribution in [0.3, 0.4) is 0 Å². The van der Waals surface area contributed by atoms with E-state index in [2.05, 4.69) is 15.9 Å². The van der Waals surface area contributed by atoms with Gasteiger partial charge in [-0.2, -0.15) is 0 Å². The third-order valence-electron chi connectivity index (χ3n) is 1.50. The molecule has 0 radical (unpaired) electrons. The zero-order chi connectivity index (χ0) is 7.61. The van der Waals surface area contributed by atoms with Crippen LogP contribution in [0.25, 0.3) is 0 Å². The van der Waals surface area contributed by atoms with Crippen molar-refractivity contribution in [2.75, 3.05) is 11.9 Å². The van der Waals surface area contributed by atoms with Gasteiger partial charge >= 0.3 is 0 Å². The van der Waals surface area contributed by atoms with Crippen LogP contribution in [-0.4, -0.2) is 23.8 Å². The Morgan fingerprint density at radius 2 is 2.30 bits per heavy atom. The summed E-state index contributed by atoms with van der Waals surface area (Å²) in [5.74, 6) is -0.354. The van der Waals surface area contributed by atoms with Crippen LogP contribution in [0.4, 0.5) is 0 Å². The van der Waals surface area contributed by atoms with E-state index >= 15 is 0 Å². The first kappa shape index (κ1) is 8.50. The quantitative estimate of drug-likeness (QED) is 0.647. The van der Waals surface area contributed by atoms with E-state index < -0.39 is 0 Å². The van der Waals surface area contributed by atoms with Gasteiger partial charge in [-0.25, -0.2) is 0 Å². The lowest BCUT2D eigenvalue weighted by Crippen LogP contribution is -2.21. The van der Waals surface area contributed by atoms with E-state index in [9.17, 15) is 0 Å². The average Bonchev–Trinajstić information content (AvgIpc) is 2.12. The van der Waals surface area contributed by atoms with Gasteiger partial charge in [-0.05, 0) is 20.3 Å². The molecule has 0 bridgehead atoms. The number of hydrogen-bond acceptors (Lipinski definition) is 2. The highest BCUT2D eigenvalue weighted by molar-refractivity contribution is 9.09. The van der Waals surface area contributed by atoms with Gasteiger partial charge in [0, 0.05) is 5.33 Å². The van der Waals surface area contributed by atoms with Gasteiger partial charge in [0.1, 0.15) is 0 Å². The van der Waals surface area contributed by atoms with Crippen molar-refractivity contribution in [3.05, 3.63) is 0 Å². The Hall–Kier alpha value is 0.400. The summed E-state index contributed by atoms with van der Waals surface area (Å²) in [7, 11) is 0. The molecule has 0 N–H and O–H groups in total. The molecule has 1 saturated heterocycles. The summed E-state index contributed by atoms with van der Waals surface area (Å²) in [6, 6.07) is 0. The van der Waals surface area contributed by atoms with Gasteiger partial charge in [-0.15, -0.1) is 0 Å². The summed E-state index contributed by atoms with van der Waals surface area (Å²) in [4.78, 5) is 0. The molecule has 0 amide bonds. The van der Waals surface area contributed by atoms with Gasteiger partial charge in [-0.3, -0.25) is 0 Å². The summed E-state index contributed by atoms with van der Waals surface area (Å²) >= 11 is 3.36. The molecule has 1 fully saturated rings. The predicted molar refractivity (Wildman–Crippen MR) is 43.3 cm³/mol. The van der Waals surface area contributed by atoms with E-state index in [4.69, 9.17) is 9.47 Å². The minimum absolute atomic E-state index is 0.286. The van der Waals surface area contributed by atoms with Crippen molar-refractivity contribution in [3.8, 4) is 0 Å². The molecule has 1 atom stereocenters. The topological polar surface area (TPSA) is 18.5 Å². The highest BCUT2D eigenvalue weighted by Gasteiger charge is 2.31. The van der Waals surface area contributed by atoms with Gasteiger partial charge in [0.05, 0.1) is 12.7 Å². The Labute approximate surface area is 70.0 Å². The third-order valence-corrected chi connectivity index (χ3v) is 1.96. The molecule has 0 aliphatic carbocycles. The summed E-state index contributed by atoms with van der Waals surface area (Å²) in [6.45, 7) is 4.63. The van der Waals surface area contributed by atoms with E-state index in [-0.39, 0.29) is 11.9 Å². The minimum atomic E-state index is -0.354. The Morgan fingerprint density at radius 3 is 2.70 bits per heavy atom. The van der Waals surface area contributed by atoms with Crippen LogP contribution in [0.5, 0.6) is 0 Å². The Morgan fingerprint density at radius 1 is 1.60 bits per heavy atom. The second kappa shape index (κ2) is 3.20. The van der Waals surface area contributed by atoms with Crippen molar-refractivity contribution in [1.29, 1.82) is 0 Å². The first-order chi connectivity index (χ1) is 4.64. The molecular weight excluding hydrogens is 196 g/mol. The lowest BCUT2D eigenvalue weighted by Gasteiger charge is -2.16.